The lowest BCUT2D eigenvalue weighted by atomic mass is 10.2. The quantitative estimate of drug-likeness (QED) is 0.605. The Bertz CT molecular complexity index is 1040. The maximum absolute atomic E-state index is 12.8. The van der Waals surface area contributed by atoms with Crippen molar-refractivity contribution < 1.29 is 22.5 Å². The Morgan fingerprint density at radius 1 is 1.11 bits per heavy atom. The predicted octanol–water partition coefficient (Wildman–Crippen LogP) is 3.17. The molecular weight excluding hydrogens is 368 g/mol. The number of carbonyl (C=O) groups excluding carboxylic acids is 1. The first-order valence-electron chi connectivity index (χ1n) is 8.11. The van der Waals surface area contributed by atoms with Crippen LogP contribution in [0.2, 0.25) is 0 Å². The Labute approximate surface area is 157 Å². The van der Waals surface area contributed by atoms with E-state index in [0.29, 0.717) is 17.1 Å². The third-order valence-corrected chi connectivity index (χ3v) is 5.65. The molecule has 27 heavy (non-hydrogen) atoms. The molecule has 3 aromatic rings. The van der Waals surface area contributed by atoms with E-state index in [1.165, 1.54) is 31.3 Å². The molecule has 1 aromatic heterocycles. The number of aromatic nitrogens is 1. The maximum atomic E-state index is 12.8. The van der Waals surface area contributed by atoms with Gasteiger partial charge >= 0.3 is 5.97 Å². The van der Waals surface area contributed by atoms with Crippen LogP contribution in [-0.4, -0.2) is 26.6 Å². The highest BCUT2D eigenvalue weighted by Crippen LogP contribution is 2.22. The monoisotopic (exact) mass is 386 g/mol. The second-order valence-electron chi connectivity index (χ2n) is 5.85. The number of ether oxygens (including phenoxy) is 1. The molecule has 0 aliphatic rings. The molecule has 0 radical (unpaired) electrons. The van der Waals surface area contributed by atoms with Gasteiger partial charge in [0.1, 0.15) is 0 Å². The highest BCUT2D eigenvalue weighted by atomic mass is 32.2. The fourth-order valence-electron chi connectivity index (χ4n) is 2.42. The minimum absolute atomic E-state index is 0.00110. The molecule has 0 unspecified atom stereocenters. The number of hydrogen-bond donors (Lipinski definition) is 0. The van der Waals surface area contributed by atoms with Gasteiger partial charge in [0.2, 0.25) is 0 Å². The maximum Gasteiger partial charge on any atom is 0.338 e. The lowest BCUT2D eigenvalue weighted by Crippen LogP contribution is -2.26. The van der Waals surface area contributed by atoms with Crippen molar-refractivity contribution in [2.75, 3.05) is 11.4 Å². The topological polar surface area (TPSA) is 89.7 Å². The zero-order chi connectivity index (χ0) is 19.4. The first kappa shape index (κ1) is 18.7. The summed E-state index contributed by atoms with van der Waals surface area (Å²) in [5.41, 5.74) is 1.33. The molecule has 8 heteroatoms. The number of anilines is 1. The summed E-state index contributed by atoms with van der Waals surface area (Å²) in [6.07, 6.45) is 0. The number of benzene rings is 2. The molecule has 0 N–H and O–H groups in total. The van der Waals surface area contributed by atoms with Crippen molar-refractivity contribution in [2.45, 2.75) is 18.4 Å². The van der Waals surface area contributed by atoms with Gasteiger partial charge in [-0.1, -0.05) is 29.4 Å². The van der Waals surface area contributed by atoms with Crippen molar-refractivity contribution in [2.24, 2.45) is 0 Å². The van der Waals surface area contributed by atoms with Crippen LogP contribution in [0, 0.1) is 6.92 Å². The molecule has 0 spiro atoms. The number of aryl methyl sites for hydroxylation is 1. The molecule has 0 bridgehead atoms. The van der Waals surface area contributed by atoms with Gasteiger partial charge in [0.05, 0.1) is 21.8 Å². The van der Waals surface area contributed by atoms with Crippen LogP contribution in [0.1, 0.15) is 21.8 Å². The Kier molecular flexibility index (Phi) is 5.27. The van der Waals surface area contributed by atoms with E-state index in [2.05, 4.69) is 5.16 Å². The standard InChI is InChI=1S/C19H18N2O5S/c1-14-11-17(26-20-14)13-25-19(22)15-7-6-10-18(12-15)27(23,24)21(2)16-8-4-3-5-9-16/h3-12H,13H2,1-2H3. The Morgan fingerprint density at radius 3 is 2.52 bits per heavy atom. The van der Waals surface area contributed by atoms with Crippen LogP contribution in [0.5, 0.6) is 0 Å². The lowest BCUT2D eigenvalue weighted by molar-refractivity contribution is 0.0437. The summed E-state index contributed by atoms with van der Waals surface area (Å²) in [5.74, 6) is -0.239. The van der Waals surface area contributed by atoms with Crippen LogP contribution in [-0.2, 0) is 21.4 Å². The van der Waals surface area contributed by atoms with E-state index in [-0.39, 0.29) is 17.1 Å². The van der Waals surface area contributed by atoms with Crippen LogP contribution in [0.15, 0.2) is 70.1 Å². The lowest BCUT2D eigenvalue weighted by Gasteiger charge is -2.19. The van der Waals surface area contributed by atoms with Gasteiger partial charge in [-0.2, -0.15) is 0 Å². The smallest absolute Gasteiger partial charge is 0.338 e. The van der Waals surface area contributed by atoms with Crippen LogP contribution in [0.4, 0.5) is 5.69 Å². The van der Waals surface area contributed by atoms with E-state index in [4.69, 9.17) is 9.26 Å². The normalized spacial score (nSPS) is 11.2. The predicted molar refractivity (Wildman–Crippen MR) is 98.8 cm³/mol. The van der Waals surface area contributed by atoms with Gasteiger partial charge in [0, 0.05) is 13.1 Å². The van der Waals surface area contributed by atoms with E-state index < -0.39 is 16.0 Å². The van der Waals surface area contributed by atoms with E-state index in [0.717, 1.165) is 4.31 Å². The second-order valence-corrected chi connectivity index (χ2v) is 7.82. The minimum Gasteiger partial charge on any atom is -0.454 e. The molecule has 140 valence electrons. The molecule has 0 saturated heterocycles. The molecule has 0 amide bonds. The number of para-hydroxylation sites is 1. The second kappa shape index (κ2) is 7.63. The third kappa shape index (κ3) is 4.17. The van der Waals surface area contributed by atoms with Gasteiger partial charge in [0.15, 0.2) is 12.4 Å². The van der Waals surface area contributed by atoms with E-state index in [9.17, 15) is 13.2 Å². The average Bonchev–Trinajstić information content (AvgIpc) is 3.11. The Balaban J connectivity index is 1.79. The van der Waals surface area contributed by atoms with E-state index in [1.54, 1.807) is 43.3 Å². The molecule has 0 aliphatic carbocycles. The number of hydrogen-bond acceptors (Lipinski definition) is 6. The molecule has 2 aromatic carbocycles. The summed E-state index contributed by atoms with van der Waals surface area (Å²) in [6.45, 7) is 1.67. The zero-order valence-electron chi connectivity index (χ0n) is 14.8. The fourth-order valence-corrected chi connectivity index (χ4v) is 3.66. The molecule has 1 heterocycles. The Morgan fingerprint density at radius 2 is 1.85 bits per heavy atom. The van der Waals surface area contributed by atoms with E-state index >= 15 is 0 Å². The van der Waals surface area contributed by atoms with Gasteiger partial charge in [-0.05, 0) is 37.3 Å². The average molecular weight is 386 g/mol. The molecule has 0 aliphatic heterocycles. The van der Waals surface area contributed by atoms with Crippen LogP contribution in [0.3, 0.4) is 0 Å². The van der Waals surface area contributed by atoms with Gasteiger partial charge in [-0.25, -0.2) is 13.2 Å². The van der Waals surface area contributed by atoms with Crippen LogP contribution < -0.4 is 4.31 Å². The number of rotatable bonds is 6. The van der Waals surface area contributed by atoms with Crippen molar-refractivity contribution in [3.05, 3.63) is 77.7 Å². The fraction of sp³-hybridized carbons (Fsp3) is 0.158. The Hall–Kier alpha value is -3.13. The zero-order valence-corrected chi connectivity index (χ0v) is 15.6. The molecule has 0 atom stereocenters. The molecule has 7 nitrogen and oxygen atoms in total. The SMILES string of the molecule is Cc1cc(COC(=O)c2cccc(S(=O)(=O)N(C)c3ccccc3)c2)on1. The van der Waals surface area contributed by atoms with Crippen molar-refractivity contribution in [3.8, 4) is 0 Å². The van der Waals surface area contributed by atoms with Crippen LogP contribution >= 0.6 is 0 Å². The molecule has 3 rings (SSSR count). The molecular formula is C19H18N2O5S. The number of carbonyl (C=O) groups is 1. The van der Waals surface area contributed by atoms with Crippen molar-refractivity contribution >= 4 is 21.7 Å². The van der Waals surface area contributed by atoms with Crippen molar-refractivity contribution in [1.29, 1.82) is 0 Å². The van der Waals surface area contributed by atoms with Crippen LogP contribution in [0.25, 0.3) is 0 Å². The van der Waals surface area contributed by atoms with Crippen molar-refractivity contribution in [3.63, 3.8) is 0 Å². The minimum atomic E-state index is -3.81. The van der Waals surface area contributed by atoms with Gasteiger partial charge in [-0.15, -0.1) is 0 Å². The summed E-state index contributed by atoms with van der Waals surface area (Å²) < 4.78 is 37.0. The first-order chi connectivity index (χ1) is 12.9. The summed E-state index contributed by atoms with van der Waals surface area (Å²) >= 11 is 0. The highest BCUT2D eigenvalue weighted by molar-refractivity contribution is 7.92. The van der Waals surface area contributed by atoms with E-state index in [1.807, 2.05) is 0 Å². The number of esters is 1. The van der Waals surface area contributed by atoms with Crippen molar-refractivity contribution in [1.82, 2.24) is 5.16 Å². The largest absolute Gasteiger partial charge is 0.454 e. The van der Waals surface area contributed by atoms with Gasteiger partial charge in [-0.3, -0.25) is 4.31 Å². The third-order valence-electron chi connectivity index (χ3n) is 3.87. The first-order valence-corrected chi connectivity index (χ1v) is 9.55. The summed E-state index contributed by atoms with van der Waals surface area (Å²) in [5, 5.41) is 3.71. The molecule has 0 fully saturated rings. The number of sulfonamides is 1. The van der Waals surface area contributed by atoms with Gasteiger partial charge < -0.3 is 9.26 Å². The van der Waals surface area contributed by atoms with Gasteiger partial charge in [0.25, 0.3) is 10.0 Å². The summed E-state index contributed by atoms with van der Waals surface area (Å²) in [6, 6.07) is 16.1. The highest BCUT2D eigenvalue weighted by Gasteiger charge is 2.22. The summed E-state index contributed by atoms with van der Waals surface area (Å²) in [7, 11) is -2.35. The number of nitrogens with zero attached hydrogens (tertiary/aromatic N) is 2. The summed E-state index contributed by atoms with van der Waals surface area (Å²) in [4.78, 5) is 12.2. The molecule has 0 saturated carbocycles.